The minimum Gasteiger partial charge on any atom is -0.481 e. The van der Waals surface area contributed by atoms with Crippen LogP contribution in [0.5, 0.6) is 0 Å². The number of rotatable bonds is 6. The van der Waals surface area contributed by atoms with Crippen LogP contribution in [0.4, 0.5) is 0 Å². The number of aliphatic carboxylic acids is 1. The standard InChI is InChI=1S/C7H13NO5/c1-12-7(13-2)4-8-5(9)3-6(10)11/h4-5,7,9H,3H2,1-2H3,(H,10,11)/b8-4+/t5-/m1/s1. The Morgan fingerprint density at radius 3 is 2.46 bits per heavy atom. The van der Waals surface area contributed by atoms with Crippen molar-refractivity contribution in [1.29, 1.82) is 0 Å². The van der Waals surface area contributed by atoms with Gasteiger partial charge < -0.3 is 19.7 Å². The van der Waals surface area contributed by atoms with Gasteiger partial charge in [-0.15, -0.1) is 0 Å². The molecule has 0 unspecified atom stereocenters. The zero-order chi connectivity index (χ0) is 10.3. The molecule has 0 aliphatic carbocycles. The highest BCUT2D eigenvalue weighted by Gasteiger charge is 2.07. The van der Waals surface area contributed by atoms with Gasteiger partial charge in [0.2, 0.25) is 0 Å². The topological polar surface area (TPSA) is 88.4 Å². The van der Waals surface area contributed by atoms with E-state index in [1.807, 2.05) is 0 Å². The summed E-state index contributed by atoms with van der Waals surface area (Å²) in [6, 6.07) is 0. The number of ether oxygens (including phenoxy) is 2. The number of hydrogen-bond acceptors (Lipinski definition) is 5. The Morgan fingerprint density at radius 1 is 1.54 bits per heavy atom. The van der Waals surface area contributed by atoms with Crippen molar-refractivity contribution in [3.8, 4) is 0 Å². The maximum atomic E-state index is 10.1. The van der Waals surface area contributed by atoms with E-state index in [0.29, 0.717) is 0 Å². The van der Waals surface area contributed by atoms with Crippen molar-refractivity contribution >= 4 is 12.2 Å². The number of carbonyl (C=O) groups is 1. The predicted octanol–water partition coefficient (Wildman–Crippen LogP) is -0.531. The first-order valence-electron chi connectivity index (χ1n) is 3.59. The molecule has 1 atom stereocenters. The van der Waals surface area contributed by atoms with Crippen molar-refractivity contribution in [3.63, 3.8) is 0 Å². The molecule has 0 aliphatic rings. The van der Waals surface area contributed by atoms with Crippen molar-refractivity contribution in [3.05, 3.63) is 0 Å². The van der Waals surface area contributed by atoms with Crippen molar-refractivity contribution in [2.24, 2.45) is 4.99 Å². The van der Waals surface area contributed by atoms with Gasteiger partial charge in [-0.3, -0.25) is 9.79 Å². The first kappa shape index (κ1) is 12.0. The molecule has 0 radical (unpaired) electrons. The van der Waals surface area contributed by atoms with Crippen molar-refractivity contribution < 1.29 is 24.5 Å². The van der Waals surface area contributed by atoms with Gasteiger partial charge in [-0.2, -0.15) is 0 Å². The predicted molar refractivity (Wildman–Crippen MR) is 44.6 cm³/mol. The van der Waals surface area contributed by atoms with E-state index in [0.717, 1.165) is 0 Å². The summed E-state index contributed by atoms with van der Waals surface area (Å²) in [6.07, 6.45) is -1.15. The average Bonchev–Trinajstić information content (AvgIpc) is 2.05. The lowest BCUT2D eigenvalue weighted by Crippen LogP contribution is -2.17. The molecule has 0 rings (SSSR count). The summed E-state index contributed by atoms with van der Waals surface area (Å²) in [5.74, 6) is -1.11. The van der Waals surface area contributed by atoms with Crippen LogP contribution in [-0.2, 0) is 14.3 Å². The number of carboxylic acids is 1. The molecule has 13 heavy (non-hydrogen) atoms. The third kappa shape index (κ3) is 6.21. The number of aliphatic imine (C=N–C) groups is 1. The fourth-order valence-electron chi connectivity index (χ4n) is 0.596. The molecule has 0 aliphatic heterocycles. The minimum atomic E-state index is -1.26. The van der Waals surface area contributed by atoms with Crippen LogP contribution in [0.1, 0.15) is 6.42 Å². The second-order valence-corrected chi connectivity index (χ2v) is 2.22. The van der Waals surface area contributed by atoms with Crippen molar-refractivity contribution in [1.82, 2.24) is 0 Å². The monoisotopic (exact) mass is 191 g/mol. The number of carboxylic acid groups (broad SMARTS) is 1. The molecule has 0 bridgehead atoms. The Labute approximate surface area is 75.8 Å². The molecule has 0 saturated carbocycles. The number of aliphatic hydroxyl groups excluding tert-OH is 1. The Hall–Kier alpha value is -0.980. The minimum absolute atomic E-state index is 0.434. The highest BCUT2D eigenvalue weighted by Crippen LogP contribution is 1.94. The van der Waals surface area contributed by atoms with E-state index < -0.39 is 24.9 Å². The normalized spacial score (nSPS) is 13.8. The van der Waals surface area contributed by atoms with Crippen LogP contribution < -0.4 is 0 Å². The van der Waals surface area contributed by atoms with Crippen LogP contribution in [-0.4, -0.2) is 49.1 Å². The summed E-state index contributed by atoms with van der Waals surface area (Å²) < 4.78 is 9.45. The van der Waals surface area contributed by atoms with Crippen LogP contribution in [0, 0.1) is 0 Å². The maximum Gasteiger partial charge on any atom is 0.307 e. The van der Waals surface area contributed by atoms with Gasteiger partial charge >= 0.3 is 5.97 Å². The first-order valence-corrected chi connectivity index (χ1v) is 3.59. The number of methoxy groups -OCH3 is 2. The van der Waals surface area contributed by atoms with Gasteiger partial charge in [-0.25, -0.2) is 0 Å². The van der Waals surface area contributed by atoms with Crippen LogP contribution in [0.3, 0.4) is 0 Å². The molecule has 76 valence electrons. The van der Waals surface area contributed by atoms with Crippen LogP contribution in [0.15, 0.2) is 4.99 Å². The van der Waals surface area contributed by atoms with Gasteiger partial charge in [0.15, 0.2) is 12.5 Å². The molecule has 0 saturated heterocycles. The Bertz CT molecular complexity index is 178. The highest BCUT2D eigenvalue weighted by atomic mass is 16.7. The molecule has 2 N–H and O–H groups in total. The van der Waals surface area contributed by atoms with E-state index >= 15 is 0 Å². The molecule has 0 fully saturated rings. The summed E-state index contributed by atoms with van der Waals surface area (Å²) >= 11 is 0. The Morgan fingerprint density at radius 2 is 2.08 bits per heavy atom. The third-order valence-corrected chi connectivity index (χ3v) is 1.20. The Kier molecular flexibility index (Phi) is 6.03. The van der Waals surface area contributed by atoms with E-state index in [2.05, 4.69) is 4.99 Å². The molecule has 6 nitrogen and oxygen atoms in total. The lowest BCUT2D eigenvalue weighted by Gasteiger charge is -2.07. The molecule has 0 aromatic heterocycles. The van der Waals surface area contributed by atoms with Gasteiger partial charge in [-0.1, -0.05) is 0 Å². The smallest absolute Gasteiger partial charge is 0.307 e. The van der Waals surface area contributed by atoms with E-state index in [1.165, 1.54) is 20.4 Å². The van der Waals surface area contributed by atoms with E-state index in [9.17, 15) is 4.79 Å². The van der Waals surface area contributed by atoms with E-state index in [-0.39, 0.29) is 0 Å². The van der Waals surface area contributed by atoms with Crippen molar-refractivity contribution in [2.45, 2.75) is 18.9 Å². The molecule has 6 heteroatoms. The van der Waals surface area contributed by atoms with Gasteiger partial charge in [-0.05, 0) is 0 Å². The molecule has 0 spiro atoms. The van der Waals surface area contributed by atoms with Gasteiger partial charge in [0.05, 0.1) is 12.6 Å². The summed E-state index contributed by atoms with van der Waals surface area (Å²) in [7, 11) is 2.81. The average molecular weight is 191 g/mol. The molecular formula is C7H13NO5. The SMILES string of the molecule is COC(/C=N/[C@H](O)CC(=O)O)OC. The molecule has 0 aromatic carbocycles. The van der Waals surface area contributed by atoms with Gasteiger partial charge in [0.25, 0.3) is 0 Å². The largest absolute Gasteiger partial charge is 0.481 e. The maximum absolute atomic E-state index is 10.1. The quantitative estimate of drug-likeness (QED) is 0.435. The third-order valence-electron chi connectivity index (χ3n) is 1.20. The second kappa shape index (κ2) is 6.53. The summed E-state index contributed by atoms with van der Waals surface area (Å²) in [6.45, 7) is 0. The molecule has 0 aromatic rings. The summed E-state index contributed by atoms with van der Waals surface area (Å²) in [4.78, 5) is 13.6. The van der Waals surface area contributed by atoms with Gasteiger partial charge in [0, 0.05) is 14.2 Å². The van der Waals surface area contributed by atoms with Crippen LogP contribution >= 0.6 is 0 Å². The Balaban J connectivity index is 3.87. The van der Waals surface area contributed by atoms with Crippen molar-refractivity contribution in [2.75, 3.05) is 14.2 Å². The first-order chi connectivity index (χ1) is 6.10. The zero-order valence-corrected chi connectivity index (χ0v) is 7.51. The lowest BCUT2D eigenvalue weighted by molar-refractivity contribution is -0.139. The number of aliphatic hydroxyl groups is 1. The summed E-state index contributed by atoms with van der Waals surface area (Å²) in [5.41, 5.74) is 0. The van der Waals surface area contributed by atoms with Gasteiger partial charge in [0.1, 0.15) is 0 Å². The number of nitrogens with zero attached hydrogens (tertiary/aromatic N) is 1. The van der Waals surface area contributed by atoms with E-state index in [4.69, 9.17) is 19.7 Å². The lowest BCUT2D eigenvalue weighted by atomic mass is 10.4. The van der Waals surface area contributed by atoms with E-state index in [1.54, 1.807) is 0 Å². The van der Waals surface area contributed by atoms with Crippen LogP contribution in [0.2, 0.25) is 0 Å². The fraction of sp³-hybridized carbons (Fsp3) is 0.714. The second-order valence-electron chi connectivity index (χ2n) is 2.22. The molecule has 0 amide bonds. The van der Waals surface area contributed by atoms with Crippen LogP contribution in [0.25, 0.3) is 0 Å². The molecule has 0 heterocycles. The summed E-state index contributed by atoms with van der Waals surface area (Å²) in [5, 5.41) is 17.2. The fourth-order valence-corrected chi connectivity index (χ4v) is 0.596. The highest BCUT2D eigenvalue weighted by molar-refractivity contribution is 5.68. The number of hydrogen-bond donors (Lipinski definition) is 2. The zero-order valence-electron chi connectivity index (χ0n) is 7.51. The molecular weight excluding hydrogens is 178 g/mol.